The Morgan fingerprint density at radius 1 is 1.03 bits per heavy atom. The molecule has 1 aliphatic rings. The number of ether oxygens (including phenoxy) is 2. The van der Waals surface area contributed by atoms with Crippen molar-refractivity contribution in [2.75, 3.05) is 18.6 Å². The maximum Gasteiger partial charge on any atom is 0.300 e. The molecule has 2 N–H and O–H groups in total. The van der Waals surface area contributed by atoms with Crippen LogP contribution in [0.2, 0.25) is 0 Å². The van der Waals surface area contributed by atoms with E-state index in [1.807, 2.05) is 38.1 Å². The molecule has 1 aliphatic heterocycles. The van der Waals surface area contributed by atoms with Crippen molar-refractivity contribution >= 4 is 34.0 Å². The van der Waals surface area contributed by atoms with Crippen LogP contribution in [0.25, 0.3) is 16.7 Å². The van der Waals surface area contributed by atoms with Crippen LogP contribution in [0.4, 0.5) is 5.69 Å². The van der Waals surface area contributed by atoms with Crippen LogP contribution in [0.15, 0.2) is 72.3 Å². The highest BCUT2D eigenvalue weighted by Crippen LogP contribution is 2.45. The second-order valence-electron chi connectivity index (χ2n) is 10.3. The monoisotopic (exact) mass is 524 g/mol. The molecule has 5 rings (SSSR count). The fourth-order valence-electron chi connectivity index (χ4n) is 5.14. The maximum atomic E-state index is 13.6. The van der Waals surface area contributed by atoms with Crippen LogP contribution in [0.1, 0.15) is 42.3 Å². The van der Waals surface area contributed by atoms with Gasteiger partial charge in [0.15, 0.2) is 0 Å². The summed E-state index contributed by atoms with van der Waals surface area (Å²) in [6.07, 6.45) is 0. The zero-order chi connectivity index (χ0) is 27.8. The van der Waals surface area contributed by atoms with E-state index in [2.05, 4.69) is 18.8 Å². The lowest BCUT2D eigenvalue weighted by molar-refractivity contribution is -0.132. The first-order valence-electron chi connectivity index (χ1n) is 13.0. The minimum atomic E-state index is -0.841. The van der Waals surface area contributed by atoms with Gasteiger partial charge in [0.25, 0.3) is 11.7 Å². The third kappa shape index (κ3) is 4.65. The van der Waals surface area contributed by atoms with Gasteiger partial charge in [0, 0.05) is 33.4 Å². The van der Waals surface area contributed by atoms with Gasteiger partial charge in [-0.05, 0) is 73.9 Å². The lowest BCUT2D eigenvalue weighted by Crippen LogP contribution is -2.29. The Bertz CT molecular complexity index is 1600. The molecule has 1 fully saturated rings. The van der Waals surface area contributed by atoms with E-state index in [0.29, 0.717) is 35.3 Å². The highest BCUT2D eigenvalue weighted by atomic mass is 16.5. The van der Waals surface area contributed by atoms with Crippen molar-refractivity contribution < 1.29 is 24.2 Å². The number of amides is 1. The summed E-state index contributed by atoms with van der Waals surface area (Å²) >= 11 is 0. The zero-order valence-corrected chi connectivity index (χ0v) is 22.7. The lowest BCUT2D eigenvalue weighted by atomic mass is 9.92. The van der Waals surface area contributed by atoms with Crippen LogP contribution in [0, 0.1) is 19.8 Å². The summed E-state index contributed by atoms with van der Waals surface area (Å²) in [5.41, 5.74) is 4.28. The Labute approximate surface area is 227 Å². The van der Waals surface area contributed by atoms with E-state index in [1.165, 1.54) is 4.90 Å². The van der Waals surface area contributed by atoms with Crippen LogP contribution in [-0.2, 0) is 9.59 Å². The number of aromatic amines is 1. The molecule has 0 radical (unpaired) electrons. The number of methoxy groups -OCH3 is 1. The van der Waals surface area contributed by atoms with Crippen LogP contribution in [-0.4, -0.2) is 35.5 Å². The number of para-hydroxylation sites is 1. The first kappa shape index (κ1) is 26.1. The molecule has 0 saturated carbocycles. The first-order valence-corrected chi connectivity index (χ1v) is 13.0. The number of nitrogens with zero attached hydrogens (tertiary/aromatic N) is 1. The maximum absolute atomic E-state index is 13.6. The van der Waals surface area contributed by atoms with Gasteiger partial charge in [-0.15, -0.1) is 0 Å². The molecule has 0 bridgehead atoms. The zero-order valence-electron chi connectivity index (χ0n) is 22.7. The molecule has 2 heterocycles. The Morgan fingerprint density at radius 2 is 1.74 bits per heavy atom. The number of H-pyrrole nitrogens is 1. The highest BCUT2D eigenvalue weighted by molar-refractivity contribution is 6.52. The van der Waals surface area contributed by atoms with Gasteiger partial charge in [0.2, 0.25) is 0 Å². The van der Waals surface area contributed by atoms with Gasteiger partial charge in [0.1, 0.15) is 17.3 Å². The summed E-state index contributed by atoms with van der Waals surface area (Å²) in [6.45, 7) is 8.52. The molecule has 1 atom stereocenters. The molecule has 39 heavy (non-hydrogen) atoms. The van der Waals surface area contributed by atoms with Crippen LogP contribution in [0.5, 0.6) is 11.5 Å². The van der Waals surface area contributed by atoms with E-state index in [9.17, 15) is 14.7 Å². The standard InChI is InChI=1S/C32H32N2O5/c1-18(2)17-39-26-15-10-21(16-19(26)3)30(35)28-29(27-20(4)33-25-9-7-6-8-24(25)27)34(32(37)31(28)36)22-11-13-23(38-5)14-12-22/h6-16,18,29,33,35H,17H2,1-5H3/b30-28+. The summed E-state index contributed by atoms with van der Waals surface area (Å²) in [6, 6.07) is 19.2. The van der Waals surface area contributed by atoms with E-state index in [1.54, 1.807) is 49.6 Å². The number of fused-ring (bicyclic) bond motifs is 1. The molecular formula is C32H32N2O5. The van der Waals surface area contributed by atoms with Crippen molar-refractivity contribution in [1.29, 1.82) is 0 Å². The van der Waals surface area contributed by atoms with Gasteiger partial charge >= 0.3 is 0 Å². The molecule has 1 amide bonds. The Balaban J connectivity index is 1.70. The number of aromatic nitrogens is 1. The quantitative estimate of drug-likeness (QED) is 0.165. The number of aliphatic hydroxyl groups is 1. The number of hydrogen-bond donors (Lipinski definition) is 2. The molecule has 3 aromatic carbocycles. The average Bonchev–Trinajstić information content (AvgIpc) is 3.39. The van der Waals surface area contributed by atoms with Crippen molar-refractivity contribution in [3.8, 4) is 11.5 Å². The molecular weight excluding hydrogens is 492 g/mol. The third-order valence-corrected chi connectivity index (χ3v) is 7.03. The van der Waals surface area contributed by atoms with Gasteiger partial charge < -0.3 is 19.6 Å². The molecule has 0 aliphatic carbocycles. The number of aliphatic hydroxyl groups excluding tert-OH is 1. The second kappa shape index (κ2) is 10.3. The summed E-state index contributed by atoms with van der Waals surface area (Å²) in [5.74, 6) is 0.0394. The Morgan fingerprint density at radius 3 is 2.41 bits per heavy atom. The van der Waals surface area contributed by atoms with Crippen molar-refractivity contribution in [1.82, 2.24) is 4.98 Å². The molecule has 1 unspecified atom stereocenters. The predicted molar refractivity (Wildman–Crippen MR) is 152 cm³/mol. The smallest absolute Gasteiger partial charge is 0.300 e. The largest absolute Gasteiger partial charge is 0.507 e. The summed E-state index contributed by atoms with van der Waals surface area (Å²) in [5, 5.41) is 12.5. The van der Waals surface area contributed by atoms with E-state index in [0.717, 1.165) is 27.7 Å². The molecule has 0 spiro atoms. The molecule has 1 saturated heterocycles. The fourth-order valence-corrected chi connectivity index (χ4v) is 5.14. The number of anilines is 1. The van der Waals surface area contributed by atoms with Gasteiger partial charge in [0.05, 0.1) is 25.3 Å². The van der Waals surface area contributed by atoms with E-state index in [-0.39, 0.29) is 11.3 Å². The van der Waals surface area contributed by atoms with Gasteiger partial charge in [-0.1, -0.05) is 32.0 Å². The van der Waals surface area contributed by atoms with Crippen molar-refractivity contribution in [3.63, 3.8) is 0 Å². The first-order chi connectivity index (χ1) is 18.7. The van der Waals surface area contributed by atoms with Crippen molar-refractivity contribution in [2.24, 2.45) is 5.92 Å². The second-order valence-corrected chi connectivity index (χ2v) is 10.3. The van der Waals surface area contributed by atoms with E-state index < -0.39 is 17.7 Å². The van der Waals surface area contributed by atoms with Gasteiger partial charge in [-0.25, -0.2) is 0 Å². The number of rotatable bonds is 7. The summed E-state index contributed by atoms with van der Waals surface area (Å²) in [4.78, 5) is 32.1. The normalized spacial score (nSPS) is 16.9. The van der Waals surface area contributed by atoms with Crippen LogP contribution < -0.4 is 14.4 Å². The number of aryl methyl sites for hydroxylation is 2. The van der Waals surface area contributed by atoms with Gasteiger partial charge in [-0.2, -0.15) is 0 Å². The number of ketones is 1. The predicted octanol–water partition coefficient (Wildman–Crippen LogP) is 6.45. The Kier molecular flexibility index (Phi) is 6.91. The average molecular weight is 525 g/mol. The van der Waals surface area contributed by atoms with Crippen molar-refractivity contribution in [3.05, 3.63) is 94.7 Å². The number of benzene rings is 3. The molecule has 1 aromatic heterocycles. The van der Waals surface area contributed by atoms with Gasteiger partial charge in [-0.3, -0.25) is 14.5 Å². The topological polar surface area (TPSA) is 91.9 Å². The number of carbonyl (C=O) groups excluding carboxylic acids is 2. The lowest BCUT2D eigenvalue weighted by Gasteiger charge is -2.26. The fraction of sp³-hybridized carbons (Fsp3) is 0.250. The minimum Gasteiger partial charge on any atom is -0.507 e. The molecule has 7 heteroatoms. The number of Topliss-reactive ketones (excluding diaryl/α,β-unsaturated/α-hetero) is 1. The summed E-state index contributed by atoms with van der Waals surface area (Å²) < 4.78 is 11.2. The highest BCUT2D eigenvalue weighted by Gasteiger charge is 2.48. The van der Waals surface area contributed by atoms with E-state index in [4.69, 9.17) is 9.47 Å². The SMILES string of the molecule is COc1ccc(N2C(=O)C(=O)/C(=C(/O)c3ccc(OCC(C)C)c(C)c3)C2c2c(C)[nH]c3ccccc23)cc1. The Hall–Kier alpha value is -4.52. The van der Waals surface area contributed by atoms with Crippen LogP contribution >= 0.6 is 0 Å². The minimum absolute atomic E-state index is 0.0407. The number of hydrogen-bond acceptors (Lipinski definition) is 5. The molecule has 200 valence electrons. The number of nitrogens with one attached hydrogen (secondary N) is 1. The van der Waals surface area contributed by atoms with Crippen LogP contribution in [0.3, 0.4) is 0 Å². The molecule has 7 nitrogen and oxygen atoms in total. The third-order valence-electron chi connectivity index (χ3n) is 7.03. The van der Waals surface area contributed by atoms with Crippen molar-refractivity contribution in [2.45, 2.75) is 33.7 Å². The van der Waals surface area contributed by atoms with E-state index >= 15 is 0 Å². The summed E-state index contributed by atoms with van der Waals surface area (Å²) in [7, 11) is 1.57. The molecule has 4 aromatic rings. The number of carbonyl (C=O) groups is 2.